The van der Waals surface area contributed by atoms with Crippen LogP contribution in [-0.4, -0.2) is 24.3 Å². The molecule has 21 heavy (non-hydrogen) atoms. The molecule has 8 heteroatoms. The molecule has 0 amide bonds. The van der Waals surface area contributed by atoms with Crippen LogP contribution >= 0.6 is 22.9 Å². The van der Waals surface area contributed by atoms with Crippen molar-refractivity contribution in [3.63, 3.8) is 0 Å². The fourth-order valence-corrected chi connectivity index (χ4v) is 4.22. The summed E-state index contributed by atoms with van der Waals surface area (Å²) in [5.41, 5.74) is 5.48. The normalized spacial score (nSPS) is 11.7. The van der Waals surface area contributed by atoms with Crippen LogP contribution in [0.1, 0.15) is 4.88 Å². The Morgan fingerprint density at radius 3 is 2.67 bits per heavy atom. The molecule has 0 atom stereocenters. The summed E-state index contributed by atoms with van der Waals surface area (Å²) in [4.78, 5) is 4.78. The highest BCUT2D eigenvalue weighted by molar-refractivity contribution is 7.89. The van der Waals surface area contributed by atoms with Crippen molar-refractivity contribution in [3.05, 3.63) is 52.3 Å². The number of rotatable bonds is 6. The zero-order chi connectivity index (χ0) is 15.5. The molecule has 0 saturated carbocycles. The second-order valence-corrected chi connectivity index (χ2v) is 7.95. The molecule has 0 aliphatic heterocycles. The van der Waals surface area contributed by atoms with Gasteiger partial charge in [0, 0.05) is 24.2 Å². The van der Waals surface area contributed by atoms with Crippen LogP contribution in [0.25, 0.3) is 0 Å². The predicted molar refractivity (Wildman–Crippen MR) is 85.8 cm³/mol. The Morgan fingerprint density at radius 2 is 2.14 bits per heavy atom. The summed E-state index contributed by atoms with van der Waals surface area (Å²) in [6, 6.07) is 6.45. The largest absolute Gasteiger partial charge is 0.384 e. The first kappa shape index (κ1) is 16.0. The van der Waals surface area contributed by atoms with Crippen molar-refractivity contribution in [2.45, 2.75) is 11.4 Å². The molecule has 0 aromatic carbocycles. The van der Waals surface area contributed by atoms with E-state index < -0.39 is 10.0 Å². The first-order valence-corrected chi connectivity index (χ1v) is 8.63. The third-order valence-electron chi connectivity index (χ3n) is 2.69. The van der Waals surface area contributed by atoms with Crippen LogP contribution in [0.3, 0.4) is 0 Å². The average Bonchev–Trinajstić information content (AvgIpc) is 2.84. The van der Waals surface area contributed by atoms with E-state index in [0.717, 1.165) is 4.88 Å². The molecule has 0 aliphatic carbocycles. The van der Waals surface area contributed by atoms with Crippen LogP contribution in [0.4, 0.5) is 5.82 Å². The average molecular weight is 344 g/mol. The van der Waals surface area contributed by atoms with Crippen molar-refractivity contribution in [1.82, 2.24) is 9.29 Å². The molecule has 0 saturated heterocycles. The van der Waals surface area contributed by atoms with Gasteiger partial charge in [-0.25, -0.2) is 13.4 Å². The smallest absolute Gasteiger partial charge is 0.245 e. The number of hydrogen-bond donors (Lipinski definition) is 1. The summed E-state index contributed by atoms with van der Waals surface area (Å²) in [5.74, 6) is 0.272. The van der Waals surface area contributed by atoms with E-state index in [9.17, 15) is 8.42 Å². The molecular weight excluding hydrogens is 330 g/mol. The monoisotopic (exact) mass is 343 g/mol. The standard InChI is InChI=1S/C13H14ClN3O2S2/c1-2-7-17(9-10-3-5-12(14)20-10)21(18,19)11-4-6-13(15)16-8-11/h2-6,8H,1,7,9H2,(H2,15,16). The molecule has 2 aromatic heterocycles. The molecule has 2 N–H and O–H groups in total. The molecular formula is C13H14ClN3O2S2. The molecule has 0 aliphatic rings. The molecule has 0 unspecified atom stereocenters. The highest BCUT2D eigenvalue weighted by atomic mass is 35.5. The number of nitrogens with two attached hydrogens (primary N) is 1. The van der Waals surface area contributed by atoms with Crippen LogP contribution < -0.4 is 5.73 Å². The molecule has 0 radical (unpaired) electrons. The van der Waals surface area contributed by atoms with Gasteiger partial charge in [0.05, 0.1) is 4.34 Å². The second kappa shape index (κ2) is 6.57. The van der Waals surface area contributed by atoms with Gasteiger partial charge >= 0.3 is 0 Å². The summed E-state index contributed by atoms with van der Waals surface area (Å²) in [5, 5.41) is 0. The third-order valence-corrected chi connectivity index (χ3v) is 5.70. The zero-order valence-electron chi connectivity index (χ0n) is 11.1. The minimum Gasteiger partial charge on any atom is -0.384 e. The van der Waals surface area contributed by atoms with Crippen molar-refractivity contribution in [1.29, 1.82) is 0 Å². The van der Waals surface area contributed by atoms with Crippen LogP contribution in [-0.2, 0) is 16.6 Å². The molecule has 2 rings (SSSR count). The molecule has 0 bridgehead atoms. The van der Waals surface area contributed by atoms with Crippen molar-refractivity contribution < 1.29 is 8.42 Å². The van der Waals surface area contributed by atoms with E-state index in [4.69, 9.17) is 17.3 Å². The van der Waals surface area contributed by atoms with Gasteiger partial charge in [-0.05, 0) is 24.3 Å². The van der Waals surface area contributed by atoms with Crippen molar-refractivity contribution in [2.75, 3.05) is 12.3 Å². The van der Waals surface area contributed by atoms with E-state index in [-0.39, 0.29) is 23.8 Å². The lowest BCUT2D eigenvalue weighted by molar-refractivity contribution is 0.441. The quantitative estimate of drug-likeness (QED) is 0.818. The summed E-state index contributed by atoms with van der Waals surface area (Å²) in [6.45, 7) is 4.03. The van der Waals surface area contributed by atoms with Crippen molar-refractivity contribution >= 4 is 38.8 Å². The number of nitrogens with zero attached hydrogens (tertiary/aromatic N) is 2. The van der Waals surface area contributed by atoms with Gasteiger partial charge in [-0.1, -0.05) is 17.7 Å². The summed E-state index contributed by atoms with van der Waals surface area (Å²) < 4.78 is 27.2. The highest BCUT2D eigenvalue weighted by Crippen LogP contribution is 2.25. The fraction of sp³-hybridized carbons (Fsp3) is 0.154. The Kier molecular flexibility index (Phi) is 5.00. The minimum absolute atomic E-state index is 0.0983. The number of pyridine rings is 1. The van der Waals surface area contributed by atoms with Gasteiger partial charge in [-0.3, -0.25) is 0 Å². The molecule has 0 spiro atoms. The Balaban J connectivity index is 2.31. The molecule has 5 nitrogen and oxygen atoms in total. The van der Waals surface area contributed by atoms with Gasteiger partial charge in [0.15, 0.2) is 0 Å². The van der Waals surface area contributed by atoms with Crippen molar-refractivity contribution in [2.24, 2.45) is 0 Å². The fourth-order valence-electron chi connectivity index (χ4n) is 1.70. The molecule has 112 valence electrons. The number of aromatic nitrogens is 1. The number of nitrogen functional groups attached to an aromatic ring is 1. The van der Waals surface area contributed by atoms with Crippen LogP contribution in [0.15, 0.2) is 48.0 Å². The van der Waals surface area contributed by atoms with Crippen molar-refractivity contribution in [3.8, 4) is 0 Å². The Bertz CT molecular complexity index is 726. The molecule has 2 aromatic rings. The zero-order valence-corrected chi connectivity index (χ0v) is 13.5. The maximum absolute atomic E-state index is 12.6. The SMILES string of the molecule is C=CCN(Cc1ccc(Cl)s1)S(=O)(=O)c1ccc(N)nc1. The number of anilines is 1. The summed E-state index contributed by atoms with van der Waals surface area (Å²) >= 11 is 7.22. The van der Waals surface area contributed by atoms with E-state index in [0.29, 0.717) is 4.34 Å². The van der Waals surface area contributed by atoms with Gasteiger partial charge in [0.1, 0.15) is 10.7 Å². The molecule has 0 fully saturated rings. The Labute approximate surface area is 132 Å². The first-order chi connectivity index (χ1) is 9.93. The van der Waals surface area contributed by atoms with E-state index in [1.807, 2.05) is 0 Å². The lowest BCUT2D eigenvalue weighted by Gasteiger charge is -2.19. The van der Waals surface area contributed by atoms with Gasteiger partial charge < -0.3 is 5.73 Å². The van der Waals surface area contributed by atoms with E-state index in [1.54, 1.807) is 12.1 Å². The lowest BCUT2D eigenvalue weighted by Crippen LogP contribution is -2.30. The number of hydrogen-bond acceptors (Lipinski definition) is 5. The number of thiophene rings is 1. The van der Waals surface area contributed by atoms with E-state index >= 15 is 0 Å². The third kappa shape index (κ3) is 3.82. The summed E-state index contributed by atoms with van der Waals surface area (Å²) in [6.07, 6.45) is 2.79. The lowest BCUT2D eigenvalue weighted by atomic mass is 10.4. The van der Waals surface area contributed by atoms with Gasteiger partial charge in [-0.15, -0.1) is 17.9 Å². The molecule has 2 heterocycles. The predicted octanol–water partition coefficient (Wildman–Crippen LogP) is 2.76. The maximum atomic E-state index is 12.6. The van der Waals surface area contributed by atoms with Gasteiger partial charge in [0.2, 0.25) is 10.0 Å². The Hall–Kier alpha value is -1.41. The Morgan fingerprint density at radius 1 is 1.38 bits per heavy atom. The van der Waals surface area contributed by atoms with Crippen LogP contribution in [0.2, 0.25) is 4.34 Å². The van der Waals surface area contributed by atoms with Crippen LogP contribution in [0.5, 0.6) is 0 Å². The number of halogens is 1. The minimum atomic E-state index is -3.66. The number of sulfonamides is 1. The maximum Gasteiger partial charge on any atom is 0.245 e. The highest BCUT2D eigenvalue weighted by Gasteiger charge is 2.24. The van der Waals surface area contributed by atoms with E-state index in [2.05, 4.69) is 11.6 Å². The van der Waals surface area contributed by atoms with Gasteiger partial charge in [-0.2, -0.15) is 4.31 Å². The first-order valence-electron chi connectivity index (χ1n) is 6.00. The summed E-state index contributed by atoms with van der Waals surface area (Å²) in [7, 11) is -3.66. The van der Waals surface area contributed by atoms with Gasteiger partial charge in [0.25, 0.3) is 0 Å². The second-order valence-electron chi connectivity index (χ2n) is 4.21. The van der Waals surface area contributed by atoms with Crippen LogP contribution in [0, 0.1) is 0 Å². The van der Waals surface area contributed by atoms with E-state index in [1.165, 1.54) is 40.0 Å². The topological polar surface area (TPSA) is 76.3 Å².